The smallest absolute Gasteiger partial charge is 0.333 e. The number of carbonyl (C=O) groups is 1. The summed E-state index contributed by atoms with van der Waals surface area (Å²) < 4.78 is 4.68. The molecule has 0 aromatic heterocycles. The lowest BCUT2D eigenvalue weighted by molar-refractivity contribution is -0.136. The molecule has 0 heterocycles. The highest BCUT2D eigenvalue weighted by Gasteiger charge is 2.01. The minimum Gasteiger partial charge on any atom is -0.466 e. The van der Waals surface area contributed by atoms with Crippen LogP contribution in [-0.2, 0) is 9.53 Å². The third-order valence-electron chi connectivity index (χ3n) is 4.52. The Hall–Kier alpha value is -0.790. The normalized spacial score (nSPS) is 11.7. The summed E-state index contributed by atoms with van der Waals surface area (Å²) in [6.45, 7) is 4.11. The fraction of sp³-hybridized carbons (Fsp3) is 0.857. The van der Waals surface area contributed by atoms with Crippen molar-refractivity contribution in [3.05, 3.63) is 11.6 Å². The van der Waals surface area contributed by atoms with E-state index in [-0.39, 0.29) is 5.97 Å². The molecular formula is C21H40O2. The monoisotopic (exact) mass is 324 g/mol. The van der Waals surface area contributed by atoms with Crippen molar-refractivity contribution in [1.82, 2.24) is 0 Å². The molecule has 0 unspecified atom stereocenters. The van der Waals surface area contributed by atoms with Crippen molar-refractivity contribution in [3.8, 4) is 0 Å². The molecule has 136 valence electrons. The first-order valence-corrected chi connectivity index (χ1v) is 9.97. The first-order valence-electron chi connectivity index (χ1n) is 9.97. The van der Waals surface area contributed by atoms with Gasteiger partial charge in [0.25, 0.3) is 0 Å². The van der Waals surface area contributed by atoms with Gasteiger partial charge in [0.15, 0.2) is 0 Å². The number of hydrogen-bond donors (Lipinski definition) is 0. The summed E-state index contributed by atoms with van der Waals surface area (Å²) in [5, 5.41) is 0. The number of esters is 1. The molecule has 0 aliphatic rings. The average molecular weight is 325 g/mol. The van der Waals surface area contributed by atoms with Gasteiger partial charge in [0.2, 0.25) is 0 Å². The molecule has 0 amide bonds. The maximum atomic E-state index is 11.2. The van der Waals surface area contributed by atoms with Gasteiger partial charge < -0.3 is 4.74 Å². The Morgan fingerprint density at radius 1 is 0.739 bits per heavy atom. The van der Waals surface area contributed by atoms with Crippen LogP contribution in [0.1, 0.15) is 110 Å². The zero-order valence-corrected chi connectivity index (χ0v) is 16.0. The molecule has 0 rings (SSSR count). The molecular weight excluding hydrogens is 284 g/mol. The zero-order chi connectivity index (χ0) is 17.2. The quantitative estimate of drug-likeness (QED) is 0.174. The van der Waals surface area contributed by atoms with Crippen molar-refractivity contribution in [2.75, 3.05) is 7.11 Å². The van der Waals surface area contributed by atoms with Crippen molar-refractivity contribution in [2.24, 2.45) is 0 Å². The summed E-state index contributed by atoms with van der Waals surface area (Å²) >= 11 is 0. The minimum atomic E-state index is -0.199. The Morgan fingerprint density at radius 2 is 1.13 bits per heavy atom. The Bertz CT molecular complexity index is 294. The second-order valence-corrected chi connectivity index (χ2v) is 6.76. The van der Waals surface area contributed by atoms with E-state index in [1.807, 2.05) is 13.0 Å². The molecule has 0 bridgehead atoms. The van der Waals surface area contributed by atoms with Gasteiger partial charge in [-0.15, -0.1) is 0 Å². The lowest BCUT2D eigenvalue weighted by Crippen LogP contribution is -2.01. The van der Waals surface area contributed by atoms with Crippen LogP contribution in [0.5, 0.6) is 0 Å². The van der Waals surface area contributed by atoms with Gasteiger partial charge in [-0.1, -0.05) is 96.5 Å². The van der Waals surface area contributed by atoms with Gasteiger partial charge in [0.05, 0.1) is 7.11 Å². The van der Waals surface area contributed by atoms with Crippen molar-refractivity contribution < 1.29 is 9.53 Å². The Labute approximate surface area is 145 Å². The maximum Gasteiger partial charge on any atom is 0.333 e. The van der Waals surface area contributed by atoms with Crippen LogP contribution in [0.15, 0.2) is 11.6 Å². The summed E-state index contributed by atoms with van der Waals surface area (Å²) in [4.78, 5) is 11.2. The van der Waals surface area contributed by atoms with Crippen LogP contribution >= 0.6 is 0 Å². The average Bonchev–Trinajstić information content (AvgIpc) is 2.57. The summed E-state index contributed by atoms with van der Waals surface area (Å²) in [6, 6.07) is 0. The summed E-state index contributed by atoms with van der Waals surface area (Å²) in [6.07, 6.45) is 22.4. The van der Waals surface area contributed by atoms with E-state index in [1.165, 1.54) is 97.0 Å². The first kappa shape index (κ1) is 22.2. The Balaban J connectivity index is 3.18. The lowest BCUT2D eigenvalue weighted by Gasteiger charge is -2.03. The third-order valence-corrected chi connectivity index (χ3v) is 4.52. The van der Waals surface area contributed by atoms with E-state index in [1.54, 1.807) is 0 Å². The van der Waals surface area contributed by atoms with Gasteiger partial charge in [0, 0.05) is 5.57 Å². The minimum absolute atomic E-state index is 0.199. The fourth-order valence-electron chi connectivity index (χ4n) is 2.90. The highest BCUT2D eigenvalue weighted by molar-refractivity contribution is 5.87. The summed E-state index contributed by atoms with van der Waals surface area (Å²) in [5.41, 5.74) is 0.738. The standard InChI is InChI=1S/C21H40O2/c1-4-5-6-7-8-9-10-11-12-13-14-15-16-17-18-19-20(2)21(22)23-3/h19H,4-18H2,1-3H3. The molecule has 0 saturated heterocycles. The number of ether oxygens (including phenoxy) is 1. The maximum absolute atomic E-state index is 11.2. The van der Waals surface area contributed by atoms with Gasteiger partial charge in [0.1, 0.15) is 0 Å². The van der Waals surface area contributed by atoms with Gasteiger partial charge >= 0.3 is 5.97 Å². The largest absolute Gasteiger partial charge is 0.466 e. The SMILES string of the molecule is CCCCCCCCCCCCCCCCC=C(C)C(=O)OC. The van der Waals surface area contributed by atoms with E-state index in [2.05, 4.69) is 11.7 Å². The number of rotatable bonds is 16. The third kappa shape index (κ3) is 15.9. The van der Waals surface area contributed by atoms with Crippen LogP contribution in [0.4, 0.5) is 0 Å². The number of carbonyl (C=O) groups excluding carboxylic acids is 1. The number of methoxy groups -OCH3 is 1. The van der Waals surface area contributed by atoms with E-state index < -0.39 is 0 Å². The fourth-order valence-corrected chi connectivity index (χ4v) is 2.90. The summed E-state index contributed by atoms with van der Waals surface area (Å²) in [5.74, 6) is -0.199. The lowest BCUT2D eigenvalue weighted by atomic mass is 10.0. The highest BCUT2D eigenvalue weighted by Crippen LogP contribution is 2.13. The molecule has 0 aromatic carbocycles. The van der Waals surface area contributed by atoms with Crippen molar-refractivity contribution >= 4 is 5.97 Å². The summed E-state index contributed by atoms with van der Waals surface area (Å²) in [7, 11) is 1.44. The van der Waals surface area contributed by atoms with Crippen molar-refractivity contribution in [2.45, 2.75) is 110 Å². The molecule has 23 heavy (non-hydrogen) atoms. The van der Waals surface area contributed by atoms with E-state index in [0.29, 0.717) is 0 Å². The molecule has 0 radical (unpaired) electrons. The highest BCUT2D eigenvalue weighted by atomic mass is 16.5. The first-order chi connectivity index (χ1) is 11.2. The van der Waals surface area contributed by atoms with E-state index in [9.17, 15) is 4.79 Å². The van der Waals surface area contributed by atoms with E-state index >= 15 is 0 Å². The molecule has 2 heteroatoms. The second-order valence-electron chi connectivity index (χ2n) is 6.76. The Kier molecular flexibility index (Phi) is 17.0. The van der Waals surface area contributed by atoms with Gasteiger partial charge in [-0.25, -0.2) is 4.79 Å². The van der Waals surface area contributed by atoms with Crippen molar-refractivity contribution in [3.63, 3.8) is 0 Å². The van der Waals surface area contributed by atoms with Crippen molar-refractivity contribution in [1.29, 1.82) is 0 Å². The predicted molar refractivity (Wildman–Crippen MR) is 101 cm³/mol. The molecule has 0 saturated carbocycles. The van der Waals surface area contributed by atoms with Crippen LogP contribution in [0.2, 0.25) is 0 Å². The van der Waals surface area contributed by atoms with Crippen LogP contribution in [0.25, 0.3) is 0 Å². The van der Waals surface area contributed by atoms with Crippen LogP contribution < -0.4 is 0 Å². The van der Waals surface area contributed by atoms with Gasteiger partial charge in [-0.3, -0.25) is 0 Å². The molecule has 0 aliphatic carbocycles. The number of unbranched alkanes of at least 4 members (excludes halogenated alkanes) is 14. The molecule has 0 aromatic rings. The number of allylic oxidation sites excluding steroid dienone is 1. The van der Waals surface area contributed by atoms with Crippen LogP contribution in [-0.4, -0.2) is 13.1 Å². The van der Waals surface area contributed by atoms with Crippen LogP contribution in [0.3, 0.4) is 0 Å². The number of hydrogen-bond acceptors (Lipinski definition) is 2. The van der Waals surface area contributed by atoms with Gasteiger partial charge in [-0.05, 0) is 19.8 Å². The molecule has 0 atom stereocenters. The van der Waals surface area contributed by atoms with E-state index in [0.717, 1.165) is 12.0 Å². The Morgan fingerprint density at radius 3 is 1.52 bits per heavy atom. The molecule has 0 aliphatic heterocycles. The second kappa shape index (κ2) is 17.6. The molecule has 0 N–H and O–H groups in total. The predicted octanol–water partition coefficient (Wildman–Crippen LogP) is 6.98. The molecule has 2 nitrogen and oxygen atoms in total. The topological polar surface area (TPSA) is 26.3 Å². The molecule has 0 fully saturated rings. The molecule has 0 spiro atoms. The van der Waals surface area contributed by atoms with E-state index in [4.69, 9.17) is 0 Å². The van der Waals surface area contributed by atoms with Crippen LogP contribution in [0, 0.1) is 0 Å². The van der Waals surface area contributed by atoms with Gasteiger partial charge in [-0.2, -0.15) is 0 Å². The zero-order valence-electron chi connectivity index (χ0n) is 16.0.